The van der Waals surface area contributed by atoms with Crippen LogP contribution in [0.2, 0.25) is 0 Å². The van der Waals surface area contributed by atoms with Crippen LogP contribution in [0.15, 0.2) is 28.7 Å². The first-order chi connectivity index (χ1) is 11.3. The van der Waals surface area contributed by atoms with E-state index in [0.717, 1.165) is 22.3 Å². The third-order valence-electron chi connectivity index (χ3n) is 4.15. The molecule has 0 aliphatic rings. The Labute approximate surface area is 163 Å². The van der Waals surface area contributed by atoms with Crippen molar-refractivity contribution in [2.75, 3.05) is 13.6 Å². The Morgan fingerprint density at radius 2 is 2.08 bits per heavy atom. The predicted molar refractivity (Wildman–Crippen MR) is 105 cm³/mol. The van der Waals surface area contributed by atoms with Crippen LogP contribution in [0.25, 0.3) is 5.69 Å². The van der Waals surface area contributed by atoms with Crippen molar-refractivity contribution in [1.82, 2.24) is 19.9 Å². The number of carbonyl (C=O) groups is 1. The van der Waals surface area contributed by atoms with E-state index in [2.05, 4.69) is 40.1 Å². The summed E-state index contributed by atoms with van der Waals surface area (Å²) in [7, 11) is 1.77. The molecular weight excluding hydrogens is 406 g/mol. The van der Waals surface area contributed by atoms with Crippen LogP contribution in [-0.2, 0) is 0 Å². The summed E-state index contributed by atoms with van der Waals surface area (Å²) < 4.78 is 2.62. The van der Waals surface area contributed by atoms with E-state index in [1.165, 1.54) is 0 Å². The standard InChI is InChI=1S/C17H24BrN5O.ClH/c1-11(2)15(19)8-9-22(4)17(24)16-12(3)23(21-20-16)14-7-5-6-13(18)10-14;/h5-7,10-11,15H,8-9,19H2,1-4H3;1H. The van der Waals surface area contributed by atoms with Gasteiger partial charge in [0, 0.05) is 24.1 Å². The summed E-state index contributed by atoms with van der Waals surface area (Å²) in [5, 5.41) is 8.21. The molecule has 0 fully saturated rings. The molecule has 6 nitrogen and oxygen atoms in total. The molecule has 0 saturated carbocycles. The van der Waals surface area contributed by atoms with Crippen molar-refractivity contribution < 1.29 is 4.79 Å². The van der Waals surface area contributed by atoms with Gasteiger partial charge in [0.15, 0.2) is 5.69 Å². The van der Waals surface area contributed by atoms with Crippen molar-refractivity contribution in [2.24, 2.45) is 11.7 Å². The monoisotopic (exact) mass is 429 g/mol. The zero-order valence-corrected chi connectivity index (χ0v) is 17.3. The molecule has 0 radical (unpaired) electrons. The fourth-order valence-corrected chi connectivity index (χ4v) is 2.73. The third-order valence-corrected chi connectivity index (χ3v) is 4.64. The first-order valence-electron chi connectivity index (χ1n) is 8.00. The molecule has 0 saturated heterocycles. The summed E-state index contributed by atoms with van der Waals surface area (Å²) in [4.78, 5) is 14.3. The van der Waals surface area contributed by atoms with Crippen LogP contribution in [0.1, 0.15) is 36.5 Å². The highest BCUT2D eigenvalue weighted by Gasteiger charge is 2.21. The number of carbonyl (C=O) groups excluding carboxylic acids is 1. The van der Waals surface area contributed by atoms with Gasteiger partial charge in [-0.05, 0) is 37.5 Å². The van der Waals surface area contributed by atoms with E-state index in [4.69, 9.17) is 5.73 Å². The highest BCUT2D eigenvalue weighted by Crippen LogP contribution is 2.18. The maximum Gasteiger partial charge on any atom is 0.276 e. The number of hydrogen-bond acceptors (Lipinski definition) is 4. The molecule has 8 heteroatoms. The maximum atomic E-state index is 12.6. The summed E-state index contributed by atoms with van der Waals surface area (Å²) in [5.74, 6) is 0.261. The first-order valence-corrected chi connectivity index (χ1v) is 8.79. The molecule has 1 amide bonds. The summed E-state index contributed by atoms with van der Waals surface area (Å²) in [6.07, 6.45) is 0.763. The molecule has 2 N–H and O–H groups in total. The second-order valence-electron chi connectivity index (χ2n) is 6.34. The molecule has 138 valence electrons. The Morgan fingerprint density at radius 1 is 1.40 bits per heavy atom. The van der Waals surface area contributed by atoms with Crippen molar-refractivity contribution in [3.8, 4) is 5.69 Å². The van der Waals surface area contributed by atoms with Crippen molar-refractivity contribution in [3.05, 3.63) is 40.1 Å². The number of aromatic nitrogens is 3. The number of halogens is 2. The zero-order valence-electron chi connectivity index (χ0n) is 14.9. The fraction of sp³-hybridized carbons (Fsp3) is 0.471. The van der Waals surface area contributed by atoms with Gasteiger partial charge in [0.25, 0.3) is 5.91 Å². The summed E-state index contributed by atoms with van der Waals surface area (Å²) in [6, 6.07) is 7.79. The normalized spacial score (nSPS) is 12.0. The molecule has 1 aromatic carbocycles. The van der Waals surface area contributed by atoms with Crippen molar-refractivity contribution in [2.45, 2.75) is 33.2 Å². The summed E-state index contributed by atoms with van der Waals surface area (Å²) in [6.45, 7) is 6.61. The van der Waals surface area contributed by atoms with E-state index in [1.807, 2.05) is 31.2 Å². The highest BCUT2D eigenvalue weighted by molar-refractivity contribution is 9.10. The minimum atomic E-state index is -0.135. The minimum absolute atomic E-state index is 0. The van der Waals surface area contributed by atoms with Gasteiger partial charge in [0.1, 0.15) is 0 Å². The Kier molecular flexibility index (Phi) is 8.05. The molecule has 0 bridgehead atoms. The number of amides is 1. The van der Waals surface area contributed by atoms with Gasteiger partial charge in [-0.15, -0.1) is 17.5 Å². The molecule has 0 aliphatic heterocycles. The Morgan fingerprint density at radius 3 is 2.68 bits per heavy atom. The van der Waals surface area contributed by atoms with Gasteiger partial charge in [-0.3, -0.25) is 4.79 Å². The number of hydrogen-bond donors (Lipinski definition) is 1. The van der Waals surface area contributed by atoms with Crippen LogP contribution >= 0.6 is 28.3 Å². The Bertz CT molecular complexity index is 719. The molecule has 0 spiro atoms. The van der Waals surface area contributed by atoms with Gasteiger partial charge < -0.3 is 10.6 Å². The van der Waals surface area contributed by atoms with Crippen LogP contribution in [0.5, 0.6) is 0 Å². The van der Waals surface area contributed by atoms with E-state index < -0.39 is 0 Å². The maximum absolute atomic E-state index is 12.6. The van der Waals surface area contributed by atoms with E-state index >= 15 is 0 Å². The van der Waals surface area contributed by atoms with Crippen LogP contribution < -0.4 is 5.73 Å². The smallest absolute Gasteiger partial charge is 0.276 e. The number of nitrogens with zero attached hydrogens (tertiary/aromatic N) is 4. The molecule has 1 aromatic heterocycles. The van der Waals surface area contributed by atoms with Gasteiger partial charge >= 0.3 is 0 Å². The Balaban J connectivity index is 0.00000312. The molecular formula is C17H25BrClN5O. The topological polar surface area (TPSA) is 77.0 Å². The van der Waals surface area contributed by atoms with Gasteiger partial charge in [-0.2, -0.15) is 0 Å². The van der Waals surface area contributed by atoms with Gasteiger partial charge in [0.05, 0.1) is 11.4 Å². The van der Waals surface area contributed by atoms with Gasteiger partial charge in [-0.1, -0.05) is 41.1 Å². The summed E-state index contributed by atoms with van der Waals surface area (Å²) >= 11 is 3.44. The SMILES string of the molecule is Cc1c(C(=O)N(C)CCC(N)C(C)C)nnn1-c1cccc(Br)c1.Cl. The van der Waals surface area contributed by atoms with E-state index in [1.54, 1.807) is 16.6 Å². The molecule has 0 aliphatic carbocycles. The molecule has 1 heterocycles. The van der Waals surface area contributed by atoms with Gasteiger partial charge in [0.2, 0.25) is 0 Å². The first kappa shape index (κ1) is 21.6. The molecule has 1 atom stereocenters. The second kappa shape index (κ2) is 9.31. The van der Waals surface area contributed by atoms with Crippen LogP contribution in [0.3, 0.4) is 0 Å². The van der Waals surface area contributed by atoms with E-state index in [-0.39, 0.29) is 24.4 Å². The van der Waals surface area contributed by atoms with E-state index in [0.29, 0.717) is 18.2 Å². The van der Waals surface area contributed by atoms with Gasteiger partial charge in [-0.25, -0.2) is 4.68 Å². The van der Waals surface area contributed by atoms with Crippen molar-refractivity contribution >= 4 is 34.2 Å². The van der Waals surface area contributed by atoms with Crippen LogP contribution in [0.4, 0.5) is 0 Å². The van der Waals surface area contributed by atoms with Crippen LogP contribution in [-0.4, -0.2) is 45.4 Å². The number of benzene rings is 1. The lowest BCUT2D eigenvalue weighted by Crippen LogP contribution is -2.35. The lowest BCUT2D eigenvalue weighted by atomic mass is 10.0. The highest BCUT2D eigenvalue weighted by atomic mass is 79.9. The van der Waals surface area contributed by atoms with Crippen molar-refractivity contribution in [3.63, 3.8) is 0 Å². The Hall–Kier alpha value is -1.44. The average molecular weight is 431 g/mol. The molecule has 1 unspecified atom stereocenters. The third kappa shape index (κ3) is 5.26. The van der Waals surface area contributed by atoms with Crippen molar-refractivity contribution in [1.29, 1.82) is 0 Å². The largest absolute Gasteiger partial charge is 0.340 e. The number of nitrogens with two attached hydrogens (primary N) is 1. The summed E-state index contributed by atoms with van der Waals surface area (Å²) in [5.41, 5.74) is 8.00. The lowest BCUT2D eigenvalue weighted by Gasteiger charge is -2.21. The molecule has 2 rings (SSSR count). The second-order valence-corrected chi connectivity index (χ2v) is 7.25. The molecule has 25 heavy (non-hydrogen) atoms. The average Bonchev–Trinajstić information content (AvgIpc) is 2.92. The lowest BCUT2D eigenvalue weighted by molar-refractivity contribution is 0.0782. The van der Waals surface area contributed by atoms with E-state index in [9.17, 15) is 4.79 Å². The zero-order chi connectivity index (χ0) is 17.9. The number of rotatable bonds is 6. The fourth-order valence-electron chi connectivity index (χ4n) is 2.34. The van der Waals surface area contributed by atoms with Crippen LogP contribution in [0, 0.1) is 12.8 Å². The molecule has 2 aromatic rings. The quantitative estimate of drug-likeness (QED) is 0.763. The minimum Gasteiger partial charge on any atom is -0.340 e. The predicted octanol–water partition coefficient (Wildman–Crippen LogP) is 3.21.